The van der Waals surface area contributed by atoms with Gasteiger partial charge in [0, 0.05) is 5.56 Å². The number of rotatable bonds is 3. The standard InChI is InChI=1S/C13H17N5O2/c1-13(2,3)20-12(19)10(14)8-5-4-6-9(7-8)11-15-17-18-16-11/h4-7,10H,14H2,1-3H3,(H,15,16,17,18)/t10-/m0/s1. The SMILES string of the molecule is CC(C)(C)OC(=O)[C@@H](N)c1cccc(-c2nn[nH]n2)c1. The van der Waals surface area contributed by atoms with Crippen LogP contribution >= 0.6 is 0 Å². The van der Waals surface area contributed by atoms with Crippen molar-refractivity contribution in [2.45, 2.75) is 32.4 Å². The average Bonchev–Trinajstić information content (AvgIpc) is 2.90. The van der Waals surface area contributed by atoms with Crippen molar-refractivity contribution in [2.24, 2.45) is 5.73 Å². The maximum atomic E-state index is 12.0. The number of hydrogen-bond donors (Lipinski definition) is 2. The van der Waals surface area contributed by atoms with Gasteiger partial charge >= 0.3 is 5.97 Å². The zero-order chi connectivity index (χ0) is 14.8. The van der Waals surface area contributed by atoms with Gasteiger partial charge in [-0.25, -0.2) is 4.79 Å². The zero-order valence-electron chi connectivity index (χ0n) is 11.6. The summed E-state index contributed by atoms with van der Waals surface area (Å²) in [6, 6.07) is 6.26. The smallest absolute Gasteiger partial charge is 0.328 e. The number of nitrogens with zero attached hydrogens (tertiary/aromatic N) is 3. The number of esters is 1. The lowest BCUT2D eigenvalue weighted by atomic mass is 10.0. The molecule has 0 fully saturated rings. The van der Waals surface area contributed by atoms with Gasteiger partial charge in [-0.15, -0.1) is 10.2 Å². The van der Waals surface area contributed by atoms with E-state index in [4.69, 9.17) is 10.5 Å². The van der Waals surface area contributed by atoms with E-state index in [0.717, 1.165) is 5.56 Å². The molecule has 0 saturated carbocycles. The Bertz CT molecular complexity index is 589. The van der Waals surface area contributed by atoms with Gasteiger partial charge in [0.1, 0.15) is 11.6 Å². The molecule has 1 atom stereocenters. The summed E-state index contributed by atoms with van der Waals surface area (Å²) in [7, 11) is 0. The molecule has 7 nitrogen and oxygen atoms in total. The molecule has 7 heteroatoms. The highest BCUT2D eigenvalue weighted by molar-refractivity contribution is 5.78. The van der Waals surface area contributed by atoms with Gasteiger partial charge in [0.2, 0.25) is 5.82 Å². The Morgan fingerprint density at radius 3 is 2.75 bits per heavy atom. The molecule has 0 aliphatic rings. The normalized spacial score (nSPS) is 13.0. The summed E-state index contributed by atoms with van der Waals surface area (Å²) < 4.78 is 5.27. The molecular formula is C13H17N5O2. The number of aromatic amines is 1. The van der Waals surface area contributed by atoms with Crippen LogP contribution in [0.4, 0.5) is 0 Å². The van der Waals surface area contributed by atoms with Crippen LogP contribution in [0.3, 0.4) is 0 Å². The molecule has 106 valence electrons. The first kappa shape index (κ1) is 14.1. The summed E-state index contributed by atoms with van der Waals surface area (Å²) in [6.45, 7) is 5.40. The first-order chi connectivity index (χ1) is 9.37. The van der Waals surface area contributed by atoms with Crippen LogP contribution in [0, 0.1) is 0 Å². The summed E-state index contributed by atoms with van der Waals surface area (Å²) in [6.07, 6.45) is 0. The number of benzene rings is 1. The quantitative estimate of drug-likeness (QED) is 0.815. The second-order valence-electron chi connectivity index (χ2n) is 5.37. The topological polar surface area (TPSA) is 107 Å². The summed E-state index contributed by atoms with van der Waals surface area (Å²) >= 11 is 0. The van der Waals surface area contributed by atoms with Crippen LogP contribution in [0.25, 0.3) is 11.4 Å². The van der Waals surface area contributed by atoms with Crippen LogP contribution < -0.4 is 5.73 Å². The molecule has 3 N–H and O–H groups in total. The minimum absolute atomic E-state index is 0.447. The number of aromatic nitrogens is 4. The van der Waals surface area contributed by atoms with Gasteiger partial charge in [-0.3, -0.25) is 0 Å². The lowest BCUT2D eigenvalue weighted by Gasteiger charge is -2.22. The van der Waals surface area contributed by atoms with Crippen molar-refractivity contribution in [1.82, 2.24) is 20.6 Å². The minimum atomic E-state index is -0.846. The maximum Gasteiger partial charge on any atom is 0.328 e. The number of hydrogen-bond acceptors (Lipinski definition) is 6. The van der Waals surface area contributed by atoms with Crippen molar-refractivity contribution in [1.29, 1.82) is 0 Å². The lowest BCUT2D eigenvalue weighted by molar-refractivity contribution is -0.156. The average molecular weight is 275 g/mol. The Labute approximate surface area is 116 Å². The third kappa shape index (κ3) is 3.39. The maximum absolute atomic E-state index is 12.0. The fourth-order valence-electron chi connectivity index (χ4n) is 1.66. The number of nitrogens with one attached hydrogen (secondary N) is 1. The lowest BCUT2D eigenvalue weighted by Crippen LogP contribution is -2.31. The van der Waals surface area contributed by atoms with Crippen molar-refractivity contribution in [3.05, 3.63) is 29.8 Å². The summed E-state index contributed by atoms with van der Waals surface area (Å²) in [5.41, 5.74) is 6.73. The Morgan fingerprint density at radius 2 is 2.15 bits per heavy atom. The number of ether oxygens (including phenoxy) is 1. The van der Waals surface area contributed by atoms with E-state index in [1.54, 1.807) is 39.0 Å². The second kappa shape index (κ2) is 5.38. The molecule has 1 aromatic heterocycles. The molecule has 2 rings (SSSR count). The Hall–Kier alpha value is -2.28. The monoisotopic (exact) mass is 275 g/mol. The van der Waals surface area contributed by atoms with Gasteiger partial charge in [0.25, 0.3) is 0 Å². The van der Waals surface area contributed by atoms with Crippen molar-refractivity contribution in [3.8, 4) is 11.4 Å². The van der Waals surface area contributed by atoms with Gasteiger partial charge in [0.15, 0.2) is 0 Å². The molecule has 0 unspecified atom stereocenters. The highest BCUT2D eigenvalue weighted by atomic mass is 16.6. The molecule has 0 radical (unpaired) electrons. The van der Waals surface area contributed by atoms with E-state index in [1.165, 1.54) is 0 Å². The van der Waals surface area contributed by atoms with Gasteiger partial charge in [-0.2, -0.15) is 5.21 Å². The largest absolute Gasteiger partial charge is 0.459 e. The predicted octanol–water partition coefficient (Wildman–Crippen LogP) is 1.21. The third-order valence-electron chi connectivity index (χ3n) is 2.51. The van der Waals surface area contributed by atoms with Crippen LogP contribution in [0.15, 0.2) is 24.3 Å². The molecule has 0 spiro atoms. The van der Waals surface area contributed by atoms with E-state index in [-0.39, 0.29) is 0 Å². The Kier molecular flexibility index (Phi) is 3.80. The van der Waals surface area contributed by atoms with Crippen LogP contribution in [-0.4, -0.2) is 32.2 Å². The highest BCUT2D eigenvalue weighted by Gasteiger charge is 2.23. The van der Waals surface area contributed by atoms with E-state index in [1.807, 2.05) is 6.07 Å². The van der Waals surface area contributed by atoms with Crippen LogP contribution in [-0.2, 0) is 9.53 Å². The van der Waals surface area contributed by atoms with Crippen LogP contribution in [0.2, 0.25) is 0 Å². The molecule has 20 heavy (non-hydrogen) atoms. The Morgan fingerprint density at radius 1 is 1.40 bits per heavy atom. The fraction of sp³-hybridized carbons (Fsp3) is 0.385. The van der Waals surface area contributed by atoms with Crippen molar-refractivity contribution in [2.75, 3.05) is 0 Å². The van der Waals surface area contributed by atoms with Gasteiger partial charge in [0.05, 0.1) is 0 Å². The fourth-order valence-corrected chi connectivity index (χ4v) is 1.66. The van der Waals surface area contributed by atoms with Gasteiger partial charge in [-0.1, -0.05) is 18.2 Å². The number of H-pyrrole nitrogens is 1. The molecule has 0 saturated heterocycles. The van der Waals surface area contributed by atoms with Crippen molar-refractivity contribution >= 4 is 5.97 Å². The molecule has 1 aromatic carbocycles. The number of nitrogens with two attached hydrogens (primary N) is 1. The number of tetrazole rings is 1. The van der Waals surface area contributed by atoms with E-state index < -0.39 is 17.6 Å². The number of carbonyl (C=O) groups excluding carboxylic acids is 1. The first-order valence-corrected chi connectivity index (χ1v) is 6.19. The van der Waals surface area contributed by atoms with Crippen LogP contribution in [0.5, 0.6) is 0 Å². The molecule has 1 heterocycles. The van der Waals surface area contributed by atoms with Crippen molar-refractivity contribution < 1.29 is 9.53 Å². The van der Waals surface area contributed by atoms with E-state index in [2.05, 4.69) is 20.6 Å². The summed E-state index contributed by atoms with van der Waals surface area (Å²) in [4.78, 5) is 12.0. The Balaban J connectivity index is 2.21. The zero-order valence-corrected chi connectivity index (χ0v) is 11.6. The molecule has 0 amide bonds. The van der Waals surface area contributed by atoms with Gasteiger partial charge < -0.3 is 10.5 Å². The van der Waals surface area contributed by atoms with E-state index in [0.29, 0.717) is 11.4 Å². The highest BCUT2D eigenvalue weighted by Crippen LogP contribution is 2.21. The summed E-state index contributed by atoms with van der Waals surface area (Å²) in [5.74, 6) is -0.0222. The third-order valence-corrected chi connectivity index (χ3v) is 2.51. The second-order valence-corrected chi connectivity index (χ2v) is 5.37. The predicted molar refractivity (Wildman–Crippen MR) is 72.4 cm³/mol. The van der Waals surface area contributed by atoms with E-state index in [9.17, 15) is 4.79 Å². The molecule has 2 aromatic rings. The van der Waals surface area contributed by atoms with Gasteiger partial charge in [-0.05, 0) is 37.6 Å². The first-order valence-electron chi connectivity index (χ1n) is 6.19. The minimum Gasteiger partial charge on any atom is -0.459 e. The molecule has 0 bridgehead atoms. The molecular weight excluding hydrogens is 258 g/mol. The molecule has 0 aliphatic heterocycles. The van der Waals surface area contributed by atoms with Crippen molar-refractivity contribution in [3.63, 3.8) is 0 Å². The number of carbonyl (C=O) groups is 1. The van der Waals surface area contributed by atoms with Crippen LogP contribution in [0.1, 0.15) is 32.4 Å². The molecule has 0 aliphatic carbocycles. The van der Waals surface area contributed by atoms with E-state index >= 15 is 0 Å². The summed E-state index contributed by atoms with van der Waals surface area (Å²) in [5, 5.41) is 13.6.